The van der Waals surface area contributed by atoms with Crippen LogP contribution in [0.4, 0.5) is 0 Å². The molecular weight excluding hydrogens is 210 g/mol. The summed E-state index contributed by atoms with van der Waals surface area (Å²) in [6.45, 7) is 6.30. The smallest absolute Gasteiger partial charge is 0.127 e. The average Bonchev–Trinajstić information content (AvgIpc) is 2.35. The van der Waals surface area contributed by atoms with Crippen LogP contribution >= 0.6 is 0 Å². The molecule has 2 nitrogen and oxygen atoms in total. The van der Waals surface area contributed by atoms with Crippen molar-refractivity contribution in [2.24, 2.45) is 0 Å². The molecule has 90 valence electrons. The molecule has 0 N–H and O–H groups in total. The lowest BCUT2D eigenvalue weighted by Crippen LogP contribution is -1.95. The Morgan fingerprint density at radius 3 is 2.65 bits per heavy atom. The zero-order valence-electron chi connectivity index (χ0n) is 10.9. The molecule has 0 aromatic heterocycles. The Hall–Kier alpha value is -1.75. The zero-order valence-corrected chi connectivity index (χ0v) is 10.9. The number of rotatable bonds is 4. The van der Waals surface area contributed by atoms with Crippen LogP contribution in [0.5, 0.6) is 5.75 Å². The van der Waals surface area contributed by atoms with Gasteiger partial charge >= 0.3 is 0 Å². The van der Waals surface area contributed by atoms with E-state index in [2.05, 4.69) is 19.9 Å². The van der Waals surface area contributed by atoms with Gasteiger partial charge in [-0.15, -0.1) is 0 Å². The maximum absolute atomic E-state index is 9.19. The van der Waals surface area contributed by atoms with Crippen LogP contribution in [0.2, 0.25) is 0 Å². The van der Waals surface area contributed by atoms with E-state index in [9.17, 15) is 5.26 Å². The number of nitrogens with zero attached hydrogens (tertiary/aromatic N) is 1. The summed E-state index contributed by atoms with van der Waals surface area (Å²) in [6.07, 6.45) is 2.78. The fraction of sp³-hybridized carbons (Fsp3) is 0.400. The number of methoxy groups -OCH3 is 1. The van der Waals surface area contributed by atoms with E-state index in [0.29, 0.717) is 11.5 Å². The van der Waals surface area contributed by atoms with Gasteiger partial charge in [0.05, 0.1) is 18.8 Å². The third-order valence-electron chi connectivity index (χ3n) is 2.71. The summed E-state index contributed by atoms with van der Waals surface area (Å²) in [5, 5.41) is 9.19. The fourth-order valence-corrected chi connectivity index (χ4v) is 1.72. The highest BCUT2D eigenvalue weighted by Crippen LogP contribution is 2.29. The van der Waals surface area contributed by atoms with E-state index in [1.54, 1.807) is 7.11 Å². The molecule has 0 bridgehead atoms. The van der Waals surface area contributed by atoms with Crippen molar-refractivity contribution < 1.29 is 4.74 Å². The van der Waals surface area contributed by atoms with E-state index < -0.39 is 0 Å². The summed E-state index contributed by atoms with van der Waals surface area (Å²) in [7, 11) is 1.63. The van der Waals surface area contributed by atoms with Crippen LogP contribution in [-0.2, 0) is 0 Å². The maximum atomic E-state index is 9.19. The van der Waals surface area contributed by atoms with Gasteiger partial charge in [-0.2, -0.15) is 5.26 Å². The van der Waals surface area contributed by atoms with Gasteiger partial charge in [-0.1, -0.05) is 32.9 Å². The summed E-state index contributed by atoms with van der Waals surface area (Å²) >= 11 is 0. The minimum atomic E-state index is 0.446. The molecular formula is C15H19NO. The third kappa shape index (κ3) is 3.10. The Bertz CT molecular complexity index is 452. The van der Waals surface area contributed by atoms with Gasteiger partial charge in [0.1, 0.15) is 5.75 Å². The Labute approximate surface area is 104 Å². The molecule has 0 amide bonds. The molecule has 0 spiro atoms. The molecule has 17 heavy (non-hydrogen) atoms. The predicted octanol–water partition coefficient (Wildman–Crippen LogP) is 4.14. The molecule has 0 heterocycles. The monoisotopic (exact) mass is 229 g/mol. The minimum absolute atomic E-state index is 0.446. The van der Waals surface area contributed by atoms with Crippen LogP contribution in [-0.4, -0.2) is 7.11 Å². The second kappa shape index (κ2) is 6.10. The van der Waals surface area contributed by atoms with Crippen LogP contribution in [0.25, 0.3) is 5.57 Å². The number of hydrogen-bond acceptors (Lipinski definition) is 2. The minimum Gasteiger partial charge on any atom is -0.496 e. The van der Waals surface area contributed by atoms with Gasteiger partial charge < -0.3 is 4.74 Å². The van der Waals surface area contributed by atoms with Gasteiger partial charge in [-0.05, 0) is 30.0 Å². The second-order valence-electron chi connectivity index (χ2n) is 4.25. The van der Waals surface area contributed by atoms with Crippen molar-refractivity contribution in [1.82, 2.24) is 0 Å². The van der Waals surface area contributed by atoms with Gasteiger partial charge in [0.25, 0.3) is 0 Å². The van der Waals surface area contributed by atoms with E-state index in [0.717, 1.165) is 17.7 Å². The molecule has 0 unspecified atom stereocenters. The highest BCUT2D eigenvalue weighted by atomic mass is 16.5. The molecule has 0 fully saturated rings. The molecule has 1 aromatic carbocycles. The van der Waals surface area contributed by atoms with E-state index in [-0.39, 0.29) is 0 Å². The second-order valence-corrected chi connectivity index (χ2v) is 4.25. The van der Waals surface area contributed by atoms with Crippen LogP contribution < -0.4 is 4.74 Å². The van der Waals surface area contributed by atoms with Crippen molar-refractivity contribution in [2.45, 2.75) is 33.1 Å². The third-order valence-corrected chi connectivity index (χ3v) is 2.71. The van der Waals surface area contributed by atoms with Crippen molar-refractivity contribution in [1.29, 1.82) is 5.26 Å². The molecule has 0 aliphatic rings. The summed E-state index contributed by atoms with van der Waals surface area (Å²) in [5.41, 5.74) is 2.80. The van der Waals surface area contributed by atoms with Crippen LogP contribution in [0.1, 0.15) is 44.2 Å². The molecule has 1 rings (SSSR count). The molecule has 0 aliphatic carbocycles. The van der Waals surface area contributed by atoms with Crippen molar-refractivity contribution in [3.63, 3.8) is 0 Å². The SMILES string of the molecule is CC/C=C(\C#N)c1cc(C(C)C)ccc1OC. The lowest BCUT2D eigenvalue weighted by molar-refractivity contribution is 0.413. The van der Waals surface area contributed by atoms with Crippen LogP contribution in [0.15, 0.2) is 24.3 Å². The number of hydrogen-bond donors (Lipinski definition) is 0. The number of benzene rings is 1. The Morgan fingerprint density at radius 1 is 1.47 bits per heavy atom. The number of nitriles is 1. The Kier molecular flexibility index (Phi) is 4.78. The van der Waals surface area contributed by atoms with E-state index in [4.69, 9.17) is 4.74 Å². The first-order valence-electron chi connectivity index (χ1n) is 5.92. The lowest BCUT2D eigenvalue weighted by atomic mass is 9.96. The fourth-order valence-electron chi connectivity index (χ4n) is 1.72. The molecule has 0 radical (unpaired) electrons. The zero-order chi connectivity index (χ0) is 12.8. The average molecular weight is 229 g/mol. The van der Waals surface area contributed by atoms with Crippen molar-refractivity contribution in [2.75, 3.05) is 7.11 Å². The van der Waals surface area contributed by atoms with Gasteiger partial charge in [-0.25, -0.2) is 0 Å². The molecule has 0 aliphatic heterocycles. The summed E-state index contributed by atoms with van der Waals surface area (Å²) in [4.78, 5) is 0. The number of ether oxygens (including phenoxy) is 1. The first-order valence-corrected chi connectivity index (χ1v) is 5.92. The first-order chi connectivity index (χ1) is 8.13. The topological polar surface area (TPSA) is 33.0 Å². The van der Waals surface area contributed by atoms with Gasteiger partial charge in [0.2, 0.25) is 0 Å². The first kappa shape index (κ1) is 13.3. The largest absolute Gasteiger partial charge is 0.496 e. The van der Waals surface area contributed by atoms with E-state index >= 15 is 0 Å². The number of allylic oxidation sites excluding steroid dienone is 2. The highest BCUT2D eigenvalue weighted by molar-refractivity contribution is 5.80. The molecule has 2 heteroatoms. The van der Waals surface area contributed by atoms with Crippen molar-refractivity contribution in [3.8, 4) is 11.8 Å². The van der Waals surface area contributed by atoms with Gasteiger partial charge in [0, 0.05) is 5.56 Å². The Balaban J connectivity index is 3.33. The molecule has 0 saturated heterocycles. The summed E-state index contributed by atoms with van der Waals surface area (Å²) in [5.74, 6) is 1.21. The molecule has 0 saturated carbocycles. The van der Waals surface area contributed by atoms with Gasteiger partial charge in [0.15, 0.2) is 0 Å². The maximum Gasteiger partial charge on any atom is 0.127 e. The van der Waals surface area contributed by atoms with E-state index in [1.165, 1.54) is 5.56 Å². The molecule has 0 atom stereocenters. The predicted molar refractivity (Wildman–Crippen MR) is 71.0 cm³/mol. The quantitative estimate of drug-likeness (QED) is 0.727. The van der Waals surface area contributed by atoms with Crippen LogP contribution in [0.3, 0.4) is 0 Å². The normalized spacial score (nSPS) is 11.4. The van der Waals surface area contributed by atoms with Gasteiger partial charge in [-0.3, -0.25) is 0 Å². The van der Waals surface area contributed by atoms with Crippen molar-refractivity contribution in [3.05, 3.63) is 35.4 Å². The highest BCUT2D eigenvalue weighted by Gasteiger charge is 2.10. The lowest BCUT2D eigenvalue weighted by Gasteiger charge is -2.12. The Morgan fingerprint density at radius 2 is 2.18 bits per heavy atom. The van der Waals surface area contributed by atoms with Crippen LogP contribution in [0, 0.1) is 11.3 Å². The molecule has 1 aromatic rings. The van der Waals surface area contributed by atoms with E-state index in [1.807, 2.05) is 31.2 Å². The van der Waals surface area contributed by atoms with Crippen molar-refractivity contribution >= 4 is 5.57 Å². The standard InChI is InChI=1S/C15H19NO/c1-5-6-13(10-16)14-9-12(11(2)3)7-8-15(14)17-4/h6-9,11H,5H2,1-4H3/b13-6+. The summed E-state index contributed by atoms with van der Waals surface area (Å²) < 4.78 is 5.32. The summed E-state index contributed by atoms with van der Waals surface area (Å²) in [6, 6.07) is 8.28.